The van der Waals surface area contributed by atoms with Gasteiger partial charge in [-0.2, -0.15) is 0 Å². The van der Waals surface area contributed by atoms with Crippen LogP contribution in [-0.4, -0.2) is 13.2 Å². The van der Waals surface area contributed by atoms with Crippen molar-refractivity contribution in [1.82, 2.24) is 0 Å². The van der Waals surface area contributed by atoms with Crippen molar-refractivity contribution >= 4 is 5.69 Å². The summed E-state index contributed by atoms with van der Waals surface area (Å²) in [6, 6.07) is 6.32. The molecule has 14 heavy (non-hydrogen) atoms. The number of anilines is 1. The minimum atomic E-state index is 0.658. The van der Waals surface area contributed by atoms with Crippen LogP contribution in [0.5, 0.6) is 5.75 Å². The van der Waals surface area contributed by atoms with Crippen molar-refractivity contribution < 1.29 is 4.74 Å². The Morgan fingerprint density at radius 3 is 3.00 bits per heavy atom. The summed E-state index contributed by atoms with van der Waals surface area (Å²) in [6.45, 7) is 6.03. The Bertz CT molecular complexity index is 322. The van der Waals surface area contributed by atoms with Crippen molar-refractivity contribution in [2.45, 2.75) is 26.2 Å². The summed E-state index contributed by atoms with van der Waals surface area (Å²) in [5, 5.41) is 3.43. The average molecular weight is 191 g/mol. The Balaban J connectivity index is 2.34. The highest BCUT2D eigenvalue weighted by atomic mass is 16.5. The van der Waals surface area contributed by atoms with Crippen LogP contribution in [0.1, 0.15) is 31.7 Å². The van der Waals surface area contributed by atoms with E-state index in [0.29, 0.717) is 5.92 Å². The summed E-state index contributed by atoms with van der Waals surface area (Å²) in [4.78, 5) is 0. The number of rotatable bonds is 3. The van der Waals surface area contributed by atoms with Crippen molar-refractivity contribution in [2.24, 2.45) is 0 Å². The molecule has 0 saturated heterocycles. The van der Waals surface area contributed by atoms with Crippen molar-refractivity contribution in [2.75, 3.05) is 18.5 Å². The summed E-state index contributed by atoms with van der Waals surface area (Å²) in [7, 11) is 0. The van der Waals surface area contributed by atoms with Gasteiger partial charge in [-0.1, -0.05) is 19.1 Å². The zero-order valence-electron chi connectivity index (χ0n) is 8.84. The zero-order chi connectivity index (χ0) is 9.97. The van der Waals surface area contributed by atoms with Gasteiger partial charge < -0.3 is 10.1 Å². The fraction of sp³-hybridized carbons (Fsp3) is 0.500. The van der Waals surface area contributed by atoms with E-state index in [4.69, 9.17) is 4.74 Å². The molecule has 1 aliphatic rings. The van der Waals surface area contributed by atoms with Gasteiger partial charge in [-0.3, -0.25) is 0 Å². The van der Waals surface area contributed by atoms with Crippen molar-refractivity contribution in [3.05, 3.63) is 23.8 Å². The fourth-order valence-electron chi connectivity index (χ4n) is 2.05. The van der Waals surface area contributed by atoms with Gasteiger partial charge in [-0.25, -0.2) is 0 Å². The van der Waals surface area contributed by atoms with E-state index in [9.17, 15) is 0 Å². The molecule has 1 unspecified atom stereocenters. The Hall–Kier alpha value is -1.18. The Morgan fingerprint density at radius 1 is 1.43 bits per heavy atom. The van der Waals surface area contributed by atoms with Gasteiger partial charge in [0, 0.05) is 12.5 Å². The largest absolute Gasteiger partial charge is 0.492 e. The van der Waals surface area contributed by atoms with E-state index >= 15 is 0 Å². The molecule has 0 saturated carbocycles. The summed E-state index contributed by atoms with van der Waals surface area (Å²) in [6.07, 6.45) is 1.19. The highest BCUT2D eigenvalue weighted by Crippen LogP contribution is 2.39. The highest BCUT2D eigenvalue weighted by molar-refractivity contribution is 5.66. The van der Waals surface area contributed by atoms with Crippen LogP contribution in [0.4, 0.5) is 5.69 Å². The van der Waals surface area contributed by atoms with E-state index in [0.717, 1.165) is 18.9 Å². The molecule has 1 aromatic rings. The minimum absolute atomic E-state index is 0.658. The number of hydrogen-bond donors (Lipinski definition) is 1. The van der Waals surface area contributed by atoms with E-state index in [1.165, 1.54) is 17.7 Å². The number of para-hydroxylation sites is 1. The van der Waals surface area contributed by atoms with Crippen LogP contribution < -0.4 is 10.1 Å². The zero-order valence-corrected chi connectivity index (χ0v) is 8.84. The van der Waals surface area contributed by atoms with Gasteiger partial charge >= 0.3 is 0 Å². The molecule has 0 radical (unpaired) electrons. The van der Waals surface area contributed by atoms with Gasteiger partial charge in [0.05, 0.1) is 12.3 Å². The number of hydrogen-bond acceptors (Lipinski definition) is 2. The van der Waals surface area contributed by atoms with Crippen LogP contribution >= 0.6 is 0 Å². The summed E-state index contributed by atoms with van der Waals surface area (Å²) >= 11 is 0. The molecular formula is C12H17NO. The van der Waals surface area contributed by atoms with Crippen LogP contribution in [0.25, 0.3) is 0 Å². The van der Waals surface area contributed by atoms with Gasteiger partial charge in [0.15, 0.2) is 0 Å². The molecule has 1 N–H and O–H groups in total. The molecular weight excluding hydrogens is 174 g/mol. The second-order valence-electron chi connectivity index (χ2n) is 3.64. The average Bonchev–Trinajstić information content (AvgIpc) is 2.62. The lowest BCUT2D eigenvalue weighted by Gasteiger charge is -2.09. The smallest absolute Gasteiger partial charge is 0.142 e. The van der Waals surface area contributed by atoms with Crippen LogP contribution in [-0.2, 0) is 0 Å². The molecule has 2 heteroatoms. The molecule has 1 aromatic carbocycles. The van der Waals surface area contributed by atoms with Crippen LogP contribution in [0, 0.1) is 0 Å². The molecule has 1 atom stereocenters. The van der Waals surface area contributed by atoms with E-state index in [1.807, 2.05) is 13.0 Å². The number of fused-ring (bicyclic) bond motifs is 1. The molecule has 1 aliphatic heterocycles. The van der Waals surface area contributed by atoms with Gasteiger partial charge in [0.25, 0.3) is 0 Å². The minimum Gasteiger partial charge on any atom is -0.492 e. The Labute approximate surface area is 85.3 Å². The van der Waals surface area contributed by atoms with Gasteiger partial charge in [0.2, 0.25) is 0 Å². The first-order valence-electron chi connectivity index (χ1n) is 5.36. The second-order valence-corrected chi connectivity index (χ2v) is 3.64. The van der Waals surface area contributed by atoms with Crippen molar-refractivity contribution in [3.63, 3.8) is 0 Å². The monoisotopic (exact) mass is 191 g/mol. The number of nitrogens with one attached hydrogen (secondary N) is 1. The van der Waals surface area contributed by atoms with E-state index in [1.54, 1.807) is 0 Å². The first kappa shape index (κ1) is 9.38. The summed E-state index contributed by atoms with van der Waals surface area (Å²) in [5.41, 5.74) is 2.62. The van der Waals surface area contributed by atoms with Crippen LogP contribution in [0.15, 0.2) is 18.2 Å². The molecule has 0 aromatic heterocycles. The maximum absolute atomic E-state index is 5.58. The normalized spacial score (nSPS) is 18.9. The first-order chi connectivity index (χ1) is 6.86. The number of benzene rings is 1. The Morgan fingerprint density at radius 2 is 2.29 bits per heavy atom. The summed E-state index contributed by atoms with van der Waals surface area (Å²) in [5.74, 6) is 1.66. The SMILES string of the molecule is CCOc1cccc2c1NCC2CC. The van der Waals surface area contributed by atoms with Crippen LogP contribution in [0.3, 0.4) is 0 Å². The van der Waals surface area contributed by atoms with E-state index in [-0.39, 0.29) is 0 Å². The molecule has 0 amide bonds. The molecule has 2 rings (SSSR count). The van der Waals surface area contributed by atoms with Crippen molar-refractivity contribution in [1.29, 1.82) is 0 Å². The second kappa shape index (κ2) is 3.91. The maximum Gasteiger partial charge on any atom is 0.142 e. The Kier molecular flexibility index (Phi) is 2.62. The predicted octanol–water partition coefficient (Wildman–Crippen LogP) is 3.00. The molecule has 0 aliphatic carbocycles. The topological polar surface area (TPSA) is 21.3 Å². The maximum atomic E-state index is 5.58. The van der Waals surface area contributed by atoms with Crippen LogP contribution in [0.2, 0.25) is 0 Å². The van der Waals surface area contributed by atoms with Crippen molar-refractivity contribution in [3.8, 4) is 5.75 Å². The van der Waals surface area contributed by atoms with E-state index in [2.05, 4.69) is 24.4 Å². The third kappa shape index (κ3) is 1.45. The van der Waals surface area contributed by atoms with E-state index < -0.39 is 0 Å². The lowest BCUT2D eigenvalue weighted by Crippen LogP contribution is -2.00. The molecule has 0 spiro atoms. The number of ether oxygens (including phenoxy) is 1. The standard InChI is InChI=1S/C12H17NO/c1-3-9-8-13-12-10(9)6-5-7-11(12)14-4-2/h5-7,9,13H,3-4,8H2,1-2H3. The fourth-order valence-corrected chi connectivity index (χ4v) is 2.05. The van der Waals surface area contributed by atoms with Gasteiger partial charge in [0.1, 0.15) is 5.75 Å². The molecule has 2 nitrogen and oxygen atoms in total. The third-order valence-corrected chi connectivity index (χ3v) is 2.82. The van der Waals surface area contributed by atoms with Gasteiger partial charge in [-0.15, -0.1) is 0 Å². The molecule has 1 heterocycles. The lowest BCUT2D eigenvalue weighted by molar-refractivity contribution is 0.342. The first-order valence-corrected chi connectivity index (χ1v) is 5.36. The van der Waals surface area contributed by atoms with Gasteiger partial charge in [-0.05, 0) is 25.0 Å². The summed E-state index contributed by atoms with van der Waals surface area (Å²) < 4.78 is 5.58. The third-order valence-electron chi connectivity index (χ3n) is 2.82. The molecule has 0 fully saturated rings. The molecule has 76 valence electrons. The molecule has 0 bridgehead atoms. The quantitative estimate of drug-likeness (QED) is 0.793. The highest BCUT2D eigenvalue weighted by Gasteiger charge is 2.22. The predicted molar refractivity (Wildman–Crippen MR) is 59.1 cm³/mol. The lowest BCUT2D eigenvalue weighted by atomic mass is 9.99.